The molecular weight excluding hydrogens is 276 g/mol. The second kappa shape index (κ2) is 7.63. The molecule has 120 valence electrons. The molecule has 4 heteroatoms. The SMILES string of the molecule is O=C(CCC1CCNCC1)Nc1ccc(OCC2CC2)cc1. The van der Waals surface area contributed by atoms with Gasteiger partial charge in [-0.25, -0.2) is 0 Å². The van der Waals surface area contributed by atoms with Crippen LogP contribution in [-0.4, -0.2) is 25.6 Å². The molecule has 1 aliphatic carbocycles. The van der Waals surface area contributed by atoms with Crippen LogP contribution in [0.15, 0.2) is 24.3 Å². The Morgan fingerprint density at radius 2 is 1.82 bits per heavy atom. The van der Waals surface area contributed by atoms with Crippen LogP contribution >= 0.6 is 0 Å². The van der Waals surface area contributed by atoms with Crippen LogP contribution in [0.5, 0.6) is 5.75 Å². The second-order valence-electron chi connectivity index (χ2n) is 6.56. The van der Waals surface area contributed by atoms with Gasteiger partial charge in [0.05, 0.1) is 6.61 Å². The van der Waals surface area contributed by atoms with E-state index in [1.54, 1.807) is 0 Å². The third kappa shape index (κ3) is 5.02. The minimum Gasteiger partial charge on any atom is -0.493 e. The van der Waals surface area contributed by atoms with E-state index in [1.807, 2.05) is 24.3 Å². The average molecular weight is 302 g/mol. The van der Waals surface area contributed by atoms with Gasteiger partial charge in [0.25, 0.3) is 0 Å². The number of carbonyl (C=O) groups is 1. The predicted molar refractivity (Wildman–Crippen MR) is 88.1 cm³/mol. The van der Waals surface area contributed by atoms with Crippen molar-refractivity contribution in [2.75, 3.05) is 25.0 Å². The zero-order valence-electron chi connectivity index (χ0n) is 13.1. The molecule has 0 unspecified atom stereocenters. The molecule has 1 saturated heterocycles. The highest BCUT2D eigenvalue weighted by Crippen LogP contribution is 2.29. The van der Waals surface area contributed by atoms with Crippen molar-refractivity contribution in [1.82, 2.24) is 5.32 Å². The number of carbonyl (C=O) groups excluding carboxylic acids is 1. The van der Waals surface area contributed by atoms with E-state index in [2.05, 4.69) is 10.6 Å². The lowest BCUT2D eigenvalue weighted by Crippen LogP contribution is -2.28. The highest BCUT2D eigenvalue weighted by molar-refractivity contribution is 5.90. The quantitative estimate of drug-likeness (QED) is 0.813. The van der Waals surface area contributed by atoms with E-state index >= 15 is 0 Å². The van der Waals surface area contributed by atoms with Gasteiger partial charge >= 0.3 is 0 Å². The van der Waals surface area contributed by atoms with Gasteiger partial charge in [0, 0.05) is 12.1 Å². The van der Waals surface area contributed by atoms with Crippen LogP contribution in [0.25, 0.3) is 0 Å². The Labute approximate surface area is 132 Å². The second-order valence-corrected chi connectivity index (χ2v) is 6.56. The molecule has 22 heavy (non-hydrogen) atoms. The van der Waals surface area contributed by atoms with Crippen LogP contribution in [0.1, 0.15) is 38.5 Å². The Morgan fingerprint density at radius 3 is 2.50 bits per heavy atom. The van der Waals surface area contributed by atoms with Crippen molar-refractivity contribution >= 4 is 11.6 Å². The van der Waals surface area contributed by atoms with Crippen molar-refractivity contribution in [1.29, 1.82) is 0 Å². The van der Waals surface area contributed by atoms with Gasteiger partial charge in [-0.3, -0.25) is 4.79 Å². The molecule has 4 nitrogen and oxygen atoms in total. The van der Waals surface area contributed by atoms with Crippen LogP contribution in [0, 0.1) is 11.8 Å². The summed E-state index contributed by atoms with van der Waals surface area (Å²) < 4.78 is 5.70. The number of ether oxygens (including phenoxy) is 1. The number of amides is 1. The molecule has 1 aliphatic heterocycles. The summed E-state index contributed by atoms with van der Waals surface area (Å²) in [6, 6.07) is 7.71. The van der Waals surface area contributed by atoms with Crippen LogP contribution in [-0.2, 0) is 4.79 Å². The molecule has 2 N–H and O–H groups in total. The smallest absolute Gasteiger partial charge is 0.224 e. The highest BCUT2D eigenvalue weighted by atomic mass is 16.5. The fourth-order valence-corrected chi connectivity index (χ4v) is 2.86. The lowest BCUT2D eigenvalue weighted by Gasteiger charge is -2.22. The van der Waals surface area contributed by atoms with Gasteiger partial charge in [-0.15, -0.1) is 0 Å². The molecule has 0 spiro atoms. The summed E-state index contributed by atoms with van der Waals surface area (Å²) in [7, 11) is 0. The third-order valence-corrected chi connectivity index (χ3v) is 4.56. The fraction of sp³-hybridized carbons (Fsp3) is 0.611. The van der Waals surface area contributed by atoms with Crippen molar-refractivity contribution in [3.63, 3.8) is 0 Å². The number of anilines is 1. The Morgan fingerprint density at radius 1 is 1.09 bits per heavy atom. The molecule has 1 amide bonds. The largest absolute Gasteiger partial charge is 0.493 e. The van der Waals surface area contributed by atoms with Gasteiger partial charge in [0.2, 0.25) is 5.91 Å². The maximum atomic E-state index is 12.0. The van der Waals surface area contributed by atoms with Crippen LogP contribution in [0.4, 0.5) is 5.69 Å². The van der Waals surface area contributed by atoms with Crippen LogP contribution < -0.4 is 15.4 Å². The van der Waals surface area contributed by atoms with E-state index in [0.717, 1.165) is 43.5 Å². The minimum atomic E-state index is 0.116. The molecule has 0 bridgehead atoms. The number of hydrogen-bond donors (Lipinski definition) is 2. The summed E-state index contributed by atoms with van der Waals surface area (Å²) in [6.45, 7) is 3.01. The molecule has 0 atom stereocenters. The van der Waals surface area contributed by atoms with Crippen molar-refractivity contribution in [3.05, 3.63) is 24.3 Å². The summed E-state index contributed by atoms with van der Waals surface area (Å²) in [5.41, 5.74) is 0.856. The summed E-state index contributed by atoms with van der Waals surface area (Å²) >= 11 is 0. The maximum absolute atomic E-state index is 12.0. The predicted octanol–water partition coefficient (Wildman–Crippen LogP) is 3.19. The molecule has 1 heterocycles. The number of benzene rings is 1. The maximum Gasteiger partial charge on any atom is 0.224 e. The van der Waals surface area contributed by atoms with Gasteiger partial charge in [-0.2, -0.15) is 0 Å². The Bertz CT molecular complexity index is 476. The van der Waals surface area contributed by atoms with E-state index < -0.39 is 0 Å². The zero-order valence-corrected chi connectivity index (χ0v) is 13.1. The molecule has 0 aromatic heterocycles. The molecule has 0 radical (unpaired) electrons. The first-order valence-corrected chi connectivity index (χ1v) is 8.53. The summed E-state index contributed by atoms with van der Waals surface area (Å²) in [5, 5.41) is 6.33. The first-order chi connectivity index (χ1) is 10.8. The topological polar surface area (TPSA) is 50.4 Å². The van der Waals surface area contributed by atoms with Gasteiger partial charge in [-0.05, 0) is 81.3 Å². The molecule has 1 saturated carbocycles. The standard InChI is InChI=1S/C18H26N2O2/c21-18(8-3-14-9-11-19-12-10-14)20-16-4-6-17(7-5-16)22-13-15-1-2-15/h4-7,14-15,19H,1-3,8-13H2,(H,20,21). The molecule has 1 aromatic carbocycles. The molecule has 2 aliphatic rings. The normalized spacial score (nSPS) is 18.9. The molecule has 3 rings (SSSR count). The van der Waals surface area contributed by atoms with Crippen molar-refractivity contribution in [2.24, 2.45) is 11.8 Å². The summed E-state index contributed by atoms with van der Waals surface area (Å²) in [4.78, 5) is 12.0. The van der Waals surface area contributed by atoms with E-state index in [-0.39, 0.29) is 5.91 Å². The Hall–Kier alpha value is -1.55. The number of hydrogen-bond acceptors (Lipinski definition) is 3. The van der Waals surface area contributed by atoms with Crippen LogP contribution in [0.2, 0.25) is 0 Å². The molecular formula is C18H26N2O2. The Kier molecular flexibility index (Phi) is 5.33. The van der Waals surface area contributed by atoms with Gasteiger partial charge in [0.1, 0.15) is 5.75 Å². The van der Waals surface area contributed by atoms with Crippen molar-refractivity contribution in [3.8, 4) is 5.75 Å². The van der Waals surface area contributed by atoms with E-state index in [9.17, 15) is 4.79 Å². The van der Waals surface area contributed by atoms with Gasteiger partial charge < -0.3 is 15.4 Å². The molecule has 1 aromatic rings. The van der Waals surface area contributed by atoms with E-state index in [4.69, 9.17) is 4.74 Å². The van der Waals surface area contributed by atoms with Crippen LogP contribution in [0.3, 0.4) is 0 Å². The summed E-state index contributed by atoms with van der Waals surface area (Å²) in [6.07, 6.45) is 6.59. The van der Waals surface area contributed by atoms with E-state index in [1.165, 1.54) is 25.7 Å². The van der Waals surface area contributed by atoms with Crippen molar-refractivity contribution in [2.45, 2.75) is 38.5 Å². The minimum absolute atomic E-state index is 0.116. The number of nitrogens with one attached hydrogen (secondary N) is 2. The number of rotatable bonds is 7. The van der Waals surface area contributed by atoms with Crippen molar-refractivity contribution < 1.29 is 9.53 Å². The van der Waals surface area contributed by atoms with Gasteiger partial charge in [0.15, 0.2) is 0 Å². The zero-order chi connectivity index (χ0) is 15.2. The number of piperidine rings is 1. The monoisotopic (exact) mass is 302 g/mol. The highest BCUT2D eigenvalue weighted by Gasteiger charge is 2.21. The van der Waals surface area contributed by atoms with E-state index in [0.29, 0.717) is 12.3 Å². The lowest BCUT2D eigenvalue weighted by molar-refractivity contribution is -0.116. The first-order valence-electron chi connectivity index (χ1n) is 8.53. The fourth-order valence-electron chi connectivity index (χ4n) is 2.86. The molecule has 2 fully saturated rings. The average Bonchev–Trinajstić information content (AvgIpc) is 3.38. The first kappa shape index (κ1) is 15.3. The lowest BCUT2D eigenvalue weighted by atomic mass is 9.93. The van der Waals surface area contributed by atoms with Gasteiger partial charge in [-0.1, -0.05) is 0 Å². The summed E-state index contributed by atoms with van der Waals surface area (Å²) in [5.74, 6) is 2.46. The Balaban J connectivity index is 1.38. The third-order valence-electron chi connectivity index (χ3n) is 4.56.